The number of morpholine rings is 1. The van der Waals surface area contributed by atoms with Crippen molar-refractivity contribution in [2.75, 3.05) is 32.9 Å². The van der Waals surface area contributed by atoms with E-state index in [1.807, 2.05) is 30.3 Å². The van der Waals surface area contributed by atoms with Crippen LogP contribution in [-0.2, 0) is 31.8 Å². The summed E-state index contributed by atoms with van der Waals surface area (Å²) in [6, 6.07) is 13.0. The molecule has 0 aliphatic carbocycles. The van der Waals surface area contributed by atoms with Crippen LogP contribution < -0.4 is 0 Å². The number of thioether (sulfide) groups is 1. The van der Waals surface area contributed by atoms with E-state index in [2.05, 4.69) is 4.57 Å². The van der Waals surface area contributed by atoms with Crippen LogP contribution in [-0.4, -0.2) is 61.3 Å². The van der Waals surface area contributed by atoms with E-state index in [0.717, 1.165) is 35.7 Å². The third-order valence-corrected chi connectivity index (χ3v) is 9.14. The van der Waals surface area contributed by atoms with E-state index in [1.54, 1.807) is 23.9 Å². The van der Waals surface area contributed by atoms with E-state index in [4.69, 9.17) is 26.1 Å². The number of ether oxygens (including phenoxy) is 2. The first-order chi connectivity index (χ1) is 16.0. The molecule has 1 unspecified atom stereocenters. The zero-order valence-corrected chi connectivity index (χ0v) is 20.5. The molecule has 2 aliphatic heterocycles. The third kappa shape index (κ3) is 5.08. The zero-order valence-electron chi connectivity index (χ0n) is 18.2. The van der Waals surface area contributed by atoms with Gasteiger partial charge in [0.15, 0.2) is 5.16 Å². The van der Waals surface area contributed by atoms with Gasteiger partial charge in [-0.1, -0.05) is 35.5 Å². The topological polar surface area (TPSA) is 73.7 Å². The van der Waals surface area contributed by atoms with Crippen LogP contribution in [0.3, 0.4) is 0 Å². The van der Waals surface area contributed by atoms with Gasteiger partial charge in [0.2, 0.25) is 10.0 Å². The maximum atomic E-state index is 13.1. The second-order valence-corrected chi connectivity index (χ2v) is 11.5. The van der Waals surface area contributed by atoms with Gasteiger partial charge < -0.3 is 14.0 Å². The first-order valence-electron chi connectivity index (χ1n) is 11.1. The molecule has 2 saturated heterocycles. The lowest BCUT2D eigenvalue weighted by Gasteiger charge is -2.26. The van der Waals surface area contributed by atoms with Gasteiger partial charge in [0.25, 0.3) is 0 Å². The van der Waals surface area contributed by atoms with E-state index in [0.29, 0.717) is 49.1 Å². The van der Waals surface area contributed by atoms with Crippen molar-refractivity contribution in [2.24, 2.45) is 0 Å². The smallest absolute Gasteiger partial charge is 0.243 e. The van der Waals surface area contributed by atoms with Crippen molar-refractivity contribution in [1.29, 1.82) is 0 Å². The summed E-state index contributed by atoms with van der Waals surface area (Å²) in [5, 5.41) is 1.56. The predicted molar refractivity (Wildman–Crippen MR) is 129 cm³/mol. The van der Waals surface area contributed by atoms with Gasteiger partial charge in [-0.2, -0.15) is 4.31 Å². The molecule has 3 aromatic rings. The molecule has 0 amide bonds. The van der Waals surface area contributed by atoms with E-state index in [-0.39, 0.29) is 11.0 Å². The molecule has 1 aromatic heterocycles. The van der Waals surface area contributed by atoms with E-state index >= 15 is 0 Å². The van der Waals surface area contributed by atoms with Gasteiger partial charge in [-0.25, -0.2) is 13.4 Å². The molecular weight excluding hydrogens is 482 g/mol. The van der Waals surface area contributed by atoms with Gasteiger partial charge in [0.1, 0.15) is 0 Å². The average Bonchev–Trinajstić information content (AvgIpc) is 3.46. The molecule has 0 bridgehead atoms. The molecule has 2 aliphatic rings. The third-order valence-electron chi connectivity index (χ3n) is 5.96. The molecule has 2 aromatic carbocycles. The predicted octanol–water partition coefficient (Wildman–Crippen LogP) is 4.18. The Hall–Kier alpha value is -1.62. The van der Waals surface area contributed by atoms with Crippen LogP contribution in [0, 0.1) is 0 Å². The lowest BCUT2D eigenvalue weighted by molar-refractivity contribution is 0.0730. The van der Waals surface area contributed by atoms with Gasteiger partial charge in [0.05, 0.1) is 41.8 Å². The highest BCUT2D eigenvalue weighted by atomic mass is 35.5. The lowest BCUT2D eigenvalue weighted by atomic mass is 10.2. The molecular formula is C23H26ClN3O4S2. The van der Waals surface area contributed by atoms with Crippen molar-refractivity contribution in [3.63, 3.8) is 0 Å². The van der Waals surface area contributed by atoms with Crippen LogP contribution >= 0.6 is 23.4 Å². The van der Waals surface area contributed by atoms with Gasteiger partial charge in [-0.3, -0.25) is 0 Å². The van der Waals surface area contributed by atoms with E-state index in [1.165, 1.54) is 4.31 Å². The number of sulfonamides is 1. The SMILES string of the molecule is O=S(=O)(c1ccc2c(c1)nc(SCc1cccc(Cl)c1)n2CC1CCCO1)N1CCOCC1. The molecule has 7 nitrogen and oxygen atoms in total. The fourth-order valence-electron chi connectivity index (χ4n) is 4.24. The van der Waals surface area contributed by atoms with Crippen molar-refractivity contribution < 1.29 is 17.9 Å². The fraction of sp³-hybridized carbons (Fsp3) is 0.435. The molecule has 33 heavy (non-hydrogen) atoms. The number of rotatable bonds is 7. The monoisotopic (exact) mass is 507 g/mol. The number of aromatic nitrogens is 2. The molecule has 176 valence electrons. The first kappa shape index (κ1) is 23.1. The van der Waals surface area contributed by atoms with Crippen molar-refractivity contribution >= 4 is 44.4 Å². The lowest BCUT2D eigenvalue weighted by Crippen LogP contribution is -2.40. The maximum absolute atomic E-state index is 13.1. The number of fused-ring (bicyclic) bond motifs is 1. The normalized spacial score (nSPS) is 20.0. The number of hydrogen-bond acceptors (Lipinski definition) is 6. The highest BCUT2D eigenvalue weighted by Gasteiger charge is 2.27. The molecule has 3 heterocycles. The zero-order chi connectivity index (χ0) is 22.8. The maximum Gasteiger partial charge on any atom is 0.243 e. The Morgan fingerprint density at radius 1 is 1.12 bits per heavy atom. The molecule has 1 atom stereocenters. The Kier molecular flexibility index (Phi) is 6.96. The van der Waals surface area contributed by atoms with Crippen LogP contribution in [0.2, 0.25) is 5.02 Å². The first-order valence-corrected chi connectivity index (χ1v) is 13.9. The molecule has 0 spiro atoms. The summed E-state index contributed by atoms with van der Waals surface area (Å²) in [4.78, 5) is 5.11. The summed E-state index contributed by atoms with van der Waals surface area (Å²) in [6.07, 6.45) is 2.22. The van der Waals surface area contributed by atoms with Crippen molar-refractivity contribution in [1.82, 2.24) is 13.9 Å². The minimum atomic E-state index is -3.58. The summed E-state index contributed by atoms with van der Waals surface area (Å²) < 4.78 is 41.1. The van der Waals surface area contributed by atoms with Crippen LogP contribution in [0.5, 0.6) is 0 Å². The number of halogens is 1. The van der Waals surface area contributed by atoms with Crippen LogP contribution in [0.1, 0.15) is 18.4 Å². The fourth-order valence-corrected chi connectivity index (χ4v) is 6.85. The van der Waals surface area contributed by atoms with E-state index < -0.39 is 10.0 Å². The summed E-state index contributed by atoms with van der Waals surface area (Å²) in [6.45, 7) is 3.06. The number of nitrogens with zero attached hydrogens (tertiary/aromatic N) is 3. The number of benzene rings is 2. The highest BCUT2D eigenvalue weighted by Crippen LogP contribution is 2.31. The van der Waals surface area contributed by atoms with Crippen molar-refractivity contribution in [3.8, 4) is 0 Å². The largest absolute Gasteiger partial charge is 0.379 e. The van der Waals surface area contributed by atoms with Crippen LogP contribution in [0.4, 0.5) is 0 Å². The molecule has 0 N–H and O–H groups in total. The Labute approximate surface area is 203 Å². The molecule has 2 fully saturated rings. The van der Waals surface area contributed by atoms with Gasteiger partial charge in [-0.05, 0) is 48.7 Å². The van der Waals surface area contributed by atoms with Crippen LogP contribution in [0.25, 0.3) is 11.0 Å². The second-order valence-electron chi connectivity index (χ2n) is 8.23. The standard InChI is InChI=1S/C23H26ClN3O4S2/c24-18-4-1-3-17(13-18)16-32-23-25-21-14-20(33(28,29)26-8-11-30-12-9-26)6-7-22(21)27(23)15-19-5-2-10-31-19/h1,3-4,6-7,13-14,19H,2,5,8-12,15-16H2. The highest BCUT2D eigenvalue weighted by molar-refractivity contribution is 7.98. The van der Waals surface area contributed by atoms with Gasteiger partial charge in [-0.15, -0.1) is 0 Å². The minimum Gasteiger partial charge on any atom is -0.379 e. The summed E-state index contributed by atoms with van der Waals surface area (Å²) in [5.74, 6) is 0.717. The van der Waals surface area contributed by atoms with Crippen LogP contribution in [0.15, 0.2) is 52.5 Å². The Morgan fingerprint density at radius 2 is 1.97 bits per heavy atom. The second kappa shape index (κ2) is 9.93. The van der Waals surface area contributed by atoms with Crippen molar-refractivity contribution in [3.05, 3.63) is 53.1 Å². The Morgan fingerprint density at radius 3 is 2.73 bits per heavy atom. The Bertz CT molecular complexity index is 1240. The van der Waals surface area contributed by atoms with E-state index in [9.17, 15) is 8.42 Å². The number of hydrogen-bond donors (Lipinski definition) is 0. The molecule has 10 heteroatoms. The van der Waals surface area contributed by atoms with Crippen molar-refractivity contribution in [2.45, 2.75) is 41.3 Å². The molecule has 0 saturated carbocycles. The summed E-state index contributed by atoms with van der Waals surface area (Å²) in [7, 11) is -3.58. The minimum absolute atomic E-state index is 0.143. The molecule has 5 rings (SSSR count). The summed E-state index contributed by atoms with van der Waals surface area (Å²) >= 11 is 7.76. The number of imidazole rings is 1. The average molecular weight is 508 g/mol. The van der Waals surface area contributed by atoms with Gasteiger partial charge in [0, 0.05) is 30.5 Å². The summed E-state index contributed by atoms with van der Waals surface area (Å²) in [5.41, 5.74) is 2.70. The Balaban J connectivity index is 1.47. The molecule has 0 radical (unpaired) electrons. The quantitative estimate of drug-likeness (QED) is 0.447. The van der Waals surface area contributed by atoms with Gasteiger partial charge >= 0.3 is 0 Å².